The lowest BCUT2D eigenvalue weighted by Crippen LogP contribution is -2.39. The molecular formula is C16H21F3N2O4S. The number of carbonyl (C=O) groups excluding carboxylic acids is 1. The molecule has 1 aliphatic rings. The number of methoxy groups -OCH3 is 1. The quantitative estimate of drug-likeness (QED) is 0.802. The second-order valence-electron chi connectivity index (χ2n) is 6.32. The molecule has 26 heavy (non-hydrogen) atoms. The number of carbonyl (C=O) groups is 1. The van der Waals surface area contributed by atoms with Crippen LogP contribution in [0.4, 0.5) is 24.5 Å². The van der Waals surface area contributed by atoms with Crippen LogP contribution in [0.3, 0.4) is 0 Å². The minimum atomic E-state index is -4.41. The minimum absolute atomic E-state index is 0.0534. The van der Waals surface area contributed by atoms with Gasteiger partial charge in [0.25, 0.3) is 0 Å². The summed E-state index contributed by atoms with van der Waals surface area (Å²) >= 11 is 0. The van der Waals surface area contributed by atoms with Gasteiger partial charge >= 0.3 is 6.18 Å². The molecule has 6 nitrogen and oxygen atoms in total. The standard InChI is InChI=1S/C16H21F3N2O4S/c1-25-14-9-10(7-8-13(14)21-26(2,23)24)20-15(22)11-5-3-4-6-12(11)16(17,18)19/h7-9,11-12,21H,3-6H2,1-2H3,(H,20,22). The number of benzene rings is 1. The lowest BCUT2D eigenvalue weighted by atomic mass is 9.78. The van der Waals surface area contributed by atoms with Gasteiger partial charge in [0, 0.05) is 17.7 Å². The maximum atomic E-state index is 13.2. The Hall–Kier alpha value is -1.97. The number of sulfonamides is 1. The van der Waals surface area contributed by atoms with E-state index in [1.807, 2.05) is 0 Å². The van der Waals surface area contributed by atoms with Crippen LogP contribution in [0.15, 0.2) is 18.2 Å². The van der Waals surface area contributed by atoms with Crippen molar-refractivity contribution in [3.63, 3.8) is 0 Å². The molecule has 0 saturated heterocycles. The smallest absolute Gasteiger partial charge is 0.392 e. The number of ether oxygens (including phenoxy) is 1. The second-order valence-corrected chi connectivity index (χ2v) is 8.07. The summed E-state index contributed by atoms with van der Waals surface area (Å²) in [6, 6.07) is 4.13. The number of anilines is 2. The Morgan fingerprint density at radius 3 is 2.46 bits per heavy atom. The fourth-order valence-electron chi connectivity index (χ4n) is 3.12. The van der Waals surface area contributed by atoms with Crippen molar-refractivity contribution in [3.05, 3.63) is 18.2 Å². The van der Waals surface area contributed by atoms with Gasteiger partial charge in [-0.2, -0.15) is 13.2 Å². The van der Waals surface area contributed by atoms with Gasteiger partial charge < -0.3 is 10.1 Å². The highest BCUT2D eigenvalue weighted by Crippen LogP contribution is 2.42. The van der Waals surface area contributed by atoms with E-state index in [1.54, 1.807) is 0 Å². The average Bonchev–Trinajstić information content (AvgIpc) is 2.54. The molecule has 2 atom stereocenters. The molecule has 1 fully saturated rings. The molecule has 2 N–H and O–H groups in total. The highest BCUT2D eigenvalue weighted by atomic mass is 32.2. The molecule has 1 aromatic carbocycles. The Bertz CT molecular complexity index is 765. The molecule has 0 aromatic heterocycles. The summed E-state index contributed by atoms with van der Waals surface area (Å²) in [5.74, 6) is -3.34. The maximum absolute atomic E-state index is 13.2. The number of nitrogens with one attached hydrogen (secondary N) is 2. The van der Waals surface area contributed by atoms with E-state index in [0.29, 0.717) is 12.8 Å². The molecule has 1 aromatic rings. The highest BCUT2D eigenvalue weighted by molar-refractivity contribution is 7.92. The third-order valence-corrected chi connectivity index (χ3v) is 4.88. The van der Waals surface area contributed by atoms with Crippen LogP contribution >= 0.6 is 0 Å². The van der Waals surface area contributed by atoms with Crippen LogP contribution in [0, 0.1) is 11.8 Å². The van der Waals surface area contributed by atoms with E-state index >= 15 is 0 Å². The van der Waals surface area contributed by atoms with Crippen molar-refractivity contribution < 1.29 is 31.1 Å². The molecule has 0 heterocycles. The van der Waals surface area contributed by atoms with Crippen molar-refractivity contribution in [1.82, 2.24) is 0 Å². The summed E-state index contributed by atoms with van der Waals surface area (Å²) in [6.45, 7) is 0. The summed E-state index contributed by atoms with van der Waals surface area (Å²) in [5.41, 5.74) is 0.399. The molecule has 0 bridgehead atoms. The van der Waals surface area contributed by atoms with E-state index in [0.717, 1.165) is 6.26 Å². The maximum Gasteiger partial charge on any atom is 0.392 e. The number of hydrogen-bond acceptors (Lipinski definition) is 4. The van der Waals surface area contributed by atoms with Gasteiger partial charge in [0.05, 0.1) is 25.0 Å². The molecule has 0 radical (unpaired) electrons. The Labute approximate surface area is 150 Å². The van der Waals surface area contributed by atoms with Crippen LogP contribution in [0.25, 0.3) is 0 Å². The molecule has 10 heteroatoms. The molecule has 2 unspecified atom stereocenters. The molecule has 1 saturated carbocycles. The van der Waals surface area contributed by atoms with Gasteiger partial charge in [-0.15, -0.1) is 0 Å². The SMILES string of the molecule is COc1cc(NC(=O)C2CCCCC2C(F)(F)F)ccc1NS(C)(=O)=O. The Balaban J connectivity index is 2.18. The summed E-state index contributed by atoms with van der Waals surface area (Å²) in [6.07, 6.45) is -2.28. The molecule has 1 amide bonds. The minimum Gasteiger partial charge on any atom is -0.494 e. The van der Waals surface area contributed by atoms with Crippen molar-refractivity contribution in [2.45, 2.75) is 31.9 Å². The van der Waals surface area contributed by atoms with Gasteiger partial charge in [-0.3, -0.25) is 9.52 Å². The predicted molar refractivity (Wildman–Crippen MR) is 91.6 cm³/mol. The molecule has 1 aliphatic carbocycles. The van der Waals surface area contributed by atoms with Crippen molar-refractivity contribution in [3.8, 4) is 5.75 Å². The molecule has 0 spiro atoms. The summed E-state index contributed by atoms with van der Waals surface area (Å²) < 4.78 is 69.4. The van der Waals surface area contributed by atoms with E-state index in [2.05, 4.69) is 10.0 Å². The van der Waals surface area contributed by atoms with Gasteiger partial charge in [0.1, 0.15) is 5.75 Å². The van der Waals surface area contributed by atoms with Crippen molar-refractivity contribution in [2.75, 3.05) is 23.4 Å². The topological polar surface area (TPSA) is 84.5 Å². The van der Waals surface area contributed by atoms with E-state index in [9.17, 15) is 26.4 Å². The number of halogens is 3. The Kier molecular flexibility index (Phi) is 6.05. The lowest BCUT2D eigenvalue weighted by molar-refractivity contribution is -0.197. The van der Waals surface area contributed by atoms with Gasteiger partial charge in [-0.05, 0) is 25.0 Å². The third kappa shape index (κ3) is 5.26. The summed E-state index contributed by atoms with van der Waals surface area (Å²) in [5, 5.41) is 2.48. The average molecular weight is 394 g/mol. The van der Waals surface area contributed by atoms with Crippen LogP contribution in [0.2, 0.25) is 0 Å². The van der Waals surface area contributed by atoms with Gasteiger partial charge in [-0.1, -0.05) is 12.8 Å². The van der Waals surface area contributed by atoms with E-state index in [4.69, 9.17) is 4.74 Å². The van der Waals surface area contributed by atoms with E-state index in [1.165, 1.54) is 25.3 Å². The molecule has 146 valence electrons. The molecular weight excluding hydrogens is 373 g/mol. The van der Waals surface area contributed by atoms with Crippen molar-refractivity contribution in [1.29, 1.82) is 0 Å². The molecule has 2 rings (SSSR count). The second kappa shape index (κ2) is 7.73. The van der Waals surface area contributed by atoms with Crippen LogP contribution in [-0.2, 0) is 14.8 Å². The number of amides is 1. The summed E-state index contributed by atoms with van der Waals surface area (Å²) in [7, 11) is -2.21. The van der Waals surface area contributed by atoms with E-state index < -0.39 is 33.9 Å². The lowest BCUT2D eigenvalue weighted by Gasteiger charge is -2.32. The first-order valence-corrected chi connectivity index (χ1v) is 9.94. The fourth-order valence-corrected chi connectivity index (χ4v) is 3.69. The first kappa shape index (κ1) is 20.3. The van der Waals surface area contributed by atoms with Crippen LogP contribution in [0.1, 0.15) is 25.7 Å². The van der Waals surface area contributed by atoms with Crippen LogP contribution in [-0.4, -0.2) is 33.9 Å². The van der Waals surface area contributed by atoms with Gasteiger partial charge in [0.2, 0.25) is 15.9 Å². The number of hydrogen-bond donors (Lipinski definition) is 2. The molecule has 0 aliphatic heterocycles. The number of alkyl halides is 3. The highest BCUT2D eigenvalue weighted by Gasteiger charge is 2.48. The van der Waals surface area contributed by atoms with Crippen LogP contribution in [0.5, 0.6) is 5.75 Å². The first-order chi connectivity index (χ1) is 12.0. The third-order valence-electron chi connectivity index (χ3n) is 4.29. The van der Waals surface area contributed by atoms with E-state index in [-0.39, 0.29) is 30.0 Å². The largest absolute Gasteiger partial charge is 0.494 e. The van der Waals surface area contributed by atoms with Crippen LogP contribution < -0.4 is 14.8 Å². The Morgan fingerprint density at radius 2 is 1.88 bits per heavy atom. The zero-order valence-corrected chi connectivity index (χ0v) is 15.2. The monoisotopic (exact) mass is 394 g/mol. The number of rotatable bonds is 5. The van der Waals surface area contributed by atoms with Crippen molar-refractivity contribution in [2.24, 2.45) is 11.8 Å². The zero-order valence-electron chi connectivity index (χ0n) is 14.4. The van der Waals surface area contributed by atoms with Crippen molar-refractivity contribution >= 4 is 27.3 Å². The predicted octanol–water partition coefficient (Wildman–Crippen LogP) is 3.37. The van der Waals surface area contributed by atoms with Gasteiger partial charge in [-0.25, -0.2) is 8.42 Å². The normalized spacial score (nSPS) is 21.1. The first-order valence-electron chi connectivity index (χ1n) is 8.04. The van der Waals surface area contributed by atoms with Gasteiger partial charge in [0.15, 0.2) is 0 Å². The fraction of sp³-hybridized carbons (Fsp3) is 0.562. The zero-order chi connectivity index (χ0) is 19.5. The summed E-state index contributed by atoms with van der Waals surface area (Å²) in [4.78, 5) is 12.4. The Morgan fingerprint density at radius 1 is 1.23 bits per heavy atom.